The zero-order valence-corrected chi connectivity index (χ0v) is 20.2. The van der Waals surface area contributed by atoms with Crippen molar-refractivity contribution in [2.45, 2.75) is 32.2 Å². The minimum atomic E-state index is -0.305. The molecule has 5 heteroatoms. The molecule has 1 atom stereocenters. The van der Waals surface area contributed by atoms with Gasteiger partial charge in [-0.1, -0.05) is 67.6 Å². The fourth-order valence-corrected chi connectivity index (χ4v) is 4.66. The Kier molecular flexibility index (Phi) is 6.80. The number of aromatic nitrogens is 2. The van der Waals surface area contributed by atoms with E-state index in [1.54, 1.807) is 18.3 Å². The molecule has 3 N–H and O–H groups in total. The Morgan fingerprint density at radius 3 is 2.56 bits per heavy atom. The highest BCUT2D eigenvalue weighted by Gasteiger charge is 2.21. The van der Waals surface area contributed by atoms with Crippen LogP contribution in [0.25, 0.3) is 22.0 Å². The van der Waals surface area contributed by atoms with Crippen LogP contribution in [0, 0.1) is 0 Å². The lowest BCUT2D eigenvalue weighted by Gasteiger charge is -2.21. The van der Waals surface area contributed by atoms with Gasteiger partial charge in [-0.2, -0.15) is 0 Å². The second-order valence-corrected chi connectivity index (χ2v) is 9.02. The standard InChI is InChI=1S/C31H29N3O2/c1-2-21-10-12-23(13-11-21)26-9-6-16-32-31(26)29(17-22-7-4-3-5-8-22)34-30(36)18-24-20-33-28-15-14-25(35)19-27(24)28/h3-16,19-20,29,33,35H,2,17-18H2,1H3,(H,34,36)/t29-/m0/s1. The summed E-state index contributed by atoms with van der Waals surface area (Å²) in [7, 11) is 0. The van der Waals surface area contributed by atoms with Crippen LogP contribution in [0.15, 0.2) is 97.3 Å². The van der Waals surface area contributed by atoms with Gasteiger partial charge in [0.1, 0.15) is 5.75 Å². The minimum absolute atomic E-state index is 0.0990. The first-order valence-corrected chi connectivity index (χ1v) is 12.3. The van der Waals surface area contributed by atoms with Crippen LogP contribution in [0.1, 0.15) is 35.3 Å². The number of hydrogen-bond acceptors (Lipinski definition) is 3. The number of aryl methyl sites for hydroxylation is 1. The minimum Gasteiger partial charge on any atom is -0.508 e. The van der Waals surface area contributed by atoms with Crippen molar-refractivity contribution in [3.63, 3.8) is 0 Å². The normalized spacial score (nSPS) is 11.9. The summed E-state index contributed by atoms with van der Waals surface area (Å²) in [6.45, 7) is 2.14. The van der Waals surface area contributed by atoms with E-state index in [1.165, 1.54) is 5.56 Å². The number of nitrogens with zero attached hydrogens (tertiary/aromatic N) is 1. The second kappa shape index (κ2) is 10.5. The predicted octanol–water partition coefficient (Wildman–Crippen LogP) is 6.14. The Labute approximate surface area is 210 Å². The number of phenolic OH excluding ortho intramolecular Hbond substituents is 1. The van der Waals surface area contributed by atoms with E-state index in [2.05, 4.69) is 59.7 Å². The molecule has 0 spiro atoms. The van der Waals surface area contributed by atoms with Crippen molar-refractivity contribution in [3.05, 3.63) is 120 Å². The molecule has 1 amide bonds. The number of nitrogens with one attached hydrogen (secondary N) is 2. The van der Waals surface area contributed by atoms with Crippen LogP contribution in [0.4, 0.5) is 0 Å². The second-order valence-electron chi connectivity index (χ2n) is 9.02. The van der Waals surface area contributed by atoms with Gasteiger partial charge in [-0.15, -0.1) is 0 Å². The number of aromatic amines is 1. The molecule has 180 valence electrons. The van der Waals surface area contributed by atoms with Gasteiger partial charge < -0.3 is 15.4 Å². The molecule has 0 saturated heterocycles. The lowest BCUT2D eigenvalue weighted by Crippen LogP contribution is -2.32. The third-order valence-corrected chi connectivity index (χ3v) is 6.56. The van der Waals surface area contributed by atoms with E-state index < -0.39 is 0 Å². The lowest BCUT2D eigenvalue weighted by molar-refractivity contribution is -0.121. The quantitative estimate of drug-likeness (QED) is 0.252. The fraction of sp³-hybridized carbons (Fsp3) is 0.161. The van der Waals surface area contributed by atoms with Gasteiger partial charge >= 0.3 is 0 Å². The van der Waals surface area contributed by atoms with Gasteiger partial charge in [0.15, 0.2) is 0 Å². The van der Waals surface area contributed by atoms with Gasteiger partial charge in [0, 0.05) is 28.9 Å². The average molecular weight is 476 g/mol. The molecule has 0 aliphatic heterocycles. The first kappa shape index (κ1) is 23.4. The monoisotopic (exact) mass is 475 g/mol. The zero-order chi connectivity index (χ0) is 24.9. The van der Waals surface area contributed by atoms with Crippen molar-refractivity contribution < 1.29 is 9.90 Å². The number of carbonyl (C=O) groups is 1. The maximum absolute atomic E-state index is 13.3. The summed E-state index contributed by atoms with van der Waals surface area (Å²) in [5, 5.41) is 14.0. The van der Waals surface area contributed by atoms with Crippen molar-refractivity contribution in [2.24, 2.45) is 0 Å². The molecule has 0 fully saturated rings. The lowest BCUT2D eigenvalue weighted by atomic mass is 9.94. The Bertz CT molecular complexity index is 1470. The first-order chi connectivity index (χ1) is 17.6. The van der Waals surface area contributed by atoms with Gasteiger partial charge in [-0.05, 0) is 59.4 Å². The van der Waals surface area contributed by atoms with E-state index in [1.807, 2.05) is 36.5 Å². The molecule has 0 unspecified atom stereocenters. The molecule has 5 aromatic rings. The van der Waals surface area contributed by atoms with Crippen molar-refractivity contribution in [1.82, 2.24) is 15.3 Å². The SMILES string of the molecule is CCc1ccc(-c2cccnc2[C@H](Cc2ccccc2)NC(=O)Cc2c[nH]c3ccc(O)cc23)cc1. The molecule has 5 nitrogen and oxygen atoms in total. The zero-order valence-electron chi connectivity index (χ0n) is 20.2. The maximum Gasteiger partial charge on any atom is 0.225 e. The largest absolute Gasteiger partial charge is 0.508 e. The summed E-state index contributed by atoms with van der Waals surface area (Å²) in [4.78, 5) is 21.3. The smallest absolute Gasteiger partial charge is 0.225 e. The fourth-order valence-electron chi connectivity index (χ4n) is 4.66. The van der Waals surface area contributed by atoms with Crippen LogP contribution < -0.4 is 5.32 Å². The number of hydrogen-bond donors (Lipinski definition) is 3. The van der Waals surface area contributed by atoms with Gasteiger partial charge in [0.25, 0.3) is 0 Å². The third-order valence-electron chi connectivity index (χ3n) is 6.56. The third kappa shape index (κ3) is 5.15. The van der Waals surface area contributed by atoms with Gasteiger partial charge in [-0.25, -0.2) is 0 Å². The highest BCUT2D eigenvalue weighted by molar-refractivity contribution is 5.90. The molecule has 36 heavy (non-hydrogen) atoms. The maximum atomic E-state index is 13.3. The number of phenols is 1. The van der Waals surface area contributed by atoms with E-state index in [-0.39, 0.29) is 24.1 Å². The molecule has 5 rings (SSSR count). The first-order valence-electron chi connectivity index (χ1n) is 12.3. The molecule has 0 aliphatic carbocycles. The van der Waals surface area contributed by atoms with Gasteiger partial charge in [0.2, 0.25) is 5.91 Å². The van der Waals surface area contributed by atoms with Gasteiger partial charge in [0.05, 0.1) is 18.2 Å². The number of carbonyl (C=O) groups excluding carboxylic acids is 1. The van der Waals surface area contributed by atoms with Crippen molar-refractivity contribution in [1.29, 1.82) is 0 Å². The van der Waals surface area contributed by atoms with E-state index in [4.69, 9.17) is 4.98 Å². The number of fused-ring (bicyclic) bond motifs is 1. The van der Waals surface area contributed by atoms with E-state index in [0.29, 0.717) is 6.42 Å². The summed E-state index contributed by atoms with van der Waals surface area (Å²) < 4.78 is 0. The summed E-state index contributed by atoms with van der Waals surface area (Å²) in [5.74, 6) is 0.0797. The van der Waals surface area contributed by atoms with E-state index in [9.17, 15) is 9.90 Å². The van der Waals surface area contributed by atoms with E-state index >= 15 is 0 Å². The molecule has 0 aliphatic rings. The Morgan fingerprint density at radius 2 is 1.78 bits per heavy atom. The summed E-state index contributed by atoms with van der Waals surface area (Å²) in [5.41, 5.74) is 7.07. The van der Waals surface area contributed by atoms with Crippen LogP contribution in [-0.2, 0) is 24.1 Å². The van der Waals surface area contributed by atoms with Crippen LogP contribution in [-0.4, -0.2) is 21.0 Å². The highest BCUT2D eigenvalue weighted by atomic mass is 16.3. The Morgan fingerprint density at radius 1 is 0.972 bits per heavy atom. The number of H-pyrrole nitrogens is 1. The number of rotatable bonds is 8. The van der Waals surface area contributed by atoms with E-state index in [0.717, 1.165) is 45.3 Å². The van der Waals surface area contributed by atoms with Crippen LogP contribution in [0.2, 0.25) is 0 Å². The highest BCUT2D eigenvalue weighted by Crippen LogP contribution is 2.30. The number of pyridine rings is 1. The molecule has 3 aromatic carbocycles. The molecular weight excluding hydrogens is 446 g/mol. The molecule has 2 heterocycles. The summed E-state index contributed by atoms with van der Waals surface area (Å²) in [6, 6.07) is 27.5. The molecule has 0 bridgehead atoms. The van der Waals surface area contributed by atoms with Crippen molar-refractivity contribution >= 4 is 16.8 Å². The van der Waals surface area contributed by atoms with Crippen LogP contribution >= 0.6 is 0 Å². The van der Waals surface area contributed by atoms with Crippen molar-refractivity contribution in [2.75, 3.05) is 0 Å². The molecule has 2 aromatic heterocycles. The number of aromatic hydroxyl groups is 1. The molecule has 0 radical (unpaired) electrons. The molecular formula is C31H29N3O2. The topological polar surface area (TPSA) is 78.0 Å². The van der Waals surface area contributed by atoms with Crippen LogP contribution in [0.5, 0.6) is 5.75 Å². The average Bonchev–Trinajstić information content (AvgIpc) is 3.30. The number of amides is 1. The Balaban J connectivity index is 1.46. The van der Waals surface area contributed by atoms with Crippen molar-refractivity contribution in [3.8, 4) is 16.9 Å². The summed E-state index contributed by atoms with van der Waals surface area (Å²) in [6.07, 6.45) is 5.42. The predicted molar refractivity (Wildman–Crippen MR) is 144 cm³/mol. The molecule has 0 saturated carbocycles. The summed E-state index contributed by atoms with van der Waals surface area (Å²) >= 11 is 0. The Hall–Kier alpha value is -4.38. The number of benzene rings is 3. The van der Waals surface area contributed by atoms with Crippen LogP contribution in [0.3, 0.4) is 0 Å². The van der Waals surface area contributed by atoms with Gasteiger partial charge in [-0.3, -0.25) is 9.78 Å².